The maximum absolute atomic E-state index is 12.8. The maximum atomic E-state index is 12.8. The Morgan fingerprint density at radius 2 is 2.11 bits per heavy atom. The molecule has 3 heterocycles. The number of nitrogens with one attached hydrogen (secondary N) is 1. The first kappa shape index (κ1) is 17.3. The van der Waals surface area contributed by atoms with Crippen molar-refractivity contribution < 1.29 is 9.53 Å². The van der Waals surface area contributed by atoms with Crippen LogP contribution in [0.2, 0.25) is 0 Å². The summed E-state index contributed by atoms with van der Waals surface area (Å²) in [7, 11) is 1.66. The first-order chi connectivity index (χ1) is 13.2. The van der Waals surface area contributed by atoms with Crippen LogP contribution in [0.15, 0.2) is 66.2 Å². The van der Waals surface area contributed by atoms with Crippen LogP contribution in [0.5, 0.6) is 5.75 Å². The van der Waals surface area contributed by atoms with E-state index in [-0.39, 0.29) is 5.91 Å². The van der Waals surface area contributed by atoms with Crippen LogP contribution in [0.4, 0.5) is 0 Å². The largest absolute Gasteiger partial charge is 0.497 e. The molecule has 1 amide bonds. The summed E-state index contributed by atoms with van der Waals surface area (Å²) in [6.45, 7) is 1.00. The second kappa shape index (κ2) is 7.63. The molecule has 4 rings (SSSR count). The van der Waals surface area contributed by atoms with Crippen molar-refractivity contribution in [2.24, 2.45) is 0 Å². The number of rotatable bonds is 6. The van der Waals surface area contributed by atoms with E-state index in [1.165, 1.54) is 0 Å². The smallest absolute Gasteiger partial charge is 0.268 e. The van der Waals surface area contributed by atoms with Gasteiger partial charge >= 0.3 is 0 Å². The number of ether oxygens (including phenoxy) is 1. The molecule has 0 aliphatic carbocycles. The third kappa shape index (κ3) is 3.71. The van der Waals surface area contributed by atoms with E-state index >= 15 is 0 Å². The monoisotopic (exact) mass is 377 g/mol. The van der Waals surface area contributed by atoms with Gasteiger partial charge in [-0.05, 0) is 47.3 Å². The van der Waals surface area contributed by atoms with Gasteiger partial charge in [0.05, 0.1) is 29.6 Å². The van der Waals surface area contributed by atoms with Gasteiger partial charge in [0.1, 0.15) is 11.4 Å². The molecule has 0 bridgehead atoms. The van der Waals surface area contributed by atoms with Crippen LogP contribution in [0.25, 0.3) is 10.2 Å². The molecule has 0 saturated heterocycles. The summed E-state index contributed by atoms with van der Waals surface area (Å²) in [5, 5.41) is 5.02. The van der Waals surface area contributed by atoms with Crippen molar-refractivity contribution in [3.63, 3.8) is 0 Å². The molecular weight excluding hydrogens is 358 g/mol. The first-order valence-electron chi connectivity index (χ1n) is 8.62. The zero-order chi connectivity index (χ0) is 18.6. The van der Waals surface area contributed by atoms with Gasteiger partial charge in [0, 0.05) is 12.7 Å². The first-order valence-corrected chi connectivity index (χ1v) is 9.50. The SMILES string of the molecule is COc1cccc(Cn2c(C(=O)NCc3ccccn3)cc3sccc32)c1. The van der Waals surface area contributed by atoms with Crippen molar-refractivity contribution in [1.82, 2.24) is 14.9 Å². The van der Waals surface area contributed by atoms with Crippen LogP contribution in [0.1, 0.15) is 21.7 Å². The van der Waals surface area contributed by atoms with Gasteiger partial charge in [0.25, 0.3) is 5.91 Å². The van der Waals surface area contributed by atoms with Gasteiger partial charge in [-0.2, -0.15) is 0 Å². The number of thiophene rings is 1. The summed E-state index contributed by atoms with van der Waals surface area (Å²) in [6.07, 6.45) is 1.73. The molecule has 4 aromatic rings. The van der Waals surface area contributed by atoms with Crippen LogP contribution in [-0.4, -0.2) is 22.6 Å². The summed E-state index contributed by atoms with van der Waals surface area (Å²) in [6, 6.07) is 17.6. The van der Waals surface area contributed by atoms with Crippen molar-refractivity contribution in [2.75, 3.05) is 7.11 Å². The predicted octanol–water partition coefficient (Wildman–Crippen LogP) is 4.08. The van der Waals surface area contributed by atoms with Crippen LogP contribution in [0, 0.1) is 0 Å². The molecule has 136 valence electrons. The van der Waals surface area contributed by atoms with Crippen LogP contribution in [0.3, 0.4) is 0 Å². The lowest BCUT2D eigenvalue weighted by atomic mass is 10.2. The number of pyridine rings is 1. The topological polar surface area (TPSA) is 56.1 Å². The standard InChI is InChI=1S/C21H19N3O2S/c1-26-17-7-4-5-15(11-17)14-24-18-8-10-27-20(18)12-19(24)21(25)23-13-16-6-2-3-9-22-16/h2-12H,13-14H2,1H3,(H,23,25). The van der Waals surface area contributed by atoms with Gasteiger partial charge in [0.2, 0.25) is 0 Å². The molecule has 0 aliphatic heterocycles. The summed E-state index contributed by atoms with van der Waals surface area (Å²) < 4.78 is 8.47. The Labute approximate surface area is 161 Å². The molecule has 1 aromatic carbocycles. The second-order valence-electron chi connectivity index (χ2n) is 6.14. The highest BCUT2D eigenvalue weighted by Crippen LogP contribution is 2.27. The van der Waals surface area contributed by atoms with Crippen LogP contribution >= 0.6 is 11.3 Å². The fourth-order valence-electron chi connectivity index (χ4n) is 3.05. The minimum Gasteiger partial charge on any atom is -0.497 e. The molecule has 1 N–H and O–H groups in total. The number of hydrogen-bond donors (Lipinski definition) is 1. The van der Waals surface area contributed by atoms with Crippen molar-refractivity contribution in [3.8, 4) is 5.75 Å². The highest BCUT2D eigenvalue weighted by Gasteiger charge is 2.17. The van der Waals surface area contributed by atoms with E-state index in [4.69, 9.17) is 4.74 Å². The van der Waals surface area contributed by atoms with E-state index in [0.717, 1.165) is 27.2 Å². The molecule has 5 nitrogen and oxygen atoms in total. The van der Waals surface area contributed by atoms with Crippen LogP contribution < -0.4 is 10.1 Å². The van der Waals surface area contributed by atoms with Gasteiger partial charge in [-0.3, -0.25) is 9.78 Å². The third-order valence-electron chi connectivity index (χ3n) is 4.39. The highest BCUT2D eigenvalue weighted by atomic mass is 32.1. The predicted molar refractivity (Wildman–Crippen MR) is 107 cm³/mol. The number of aromatic nitrogens is 2. The number of carbonyl (C=O) groups is 1. The summed E-state index contributed by atoms with van der Waals surface area (Å²) in [5.41, 5.74) is 3.62. The summed E-state index contributed by atoms with van der Waals surface area (Å²) >= 11 is 1.63. The van der Waals surface area contributed by atoms with Crippen LogP contribution in [-0.2, 0) is 13.1 Å². The van der Waals surface area contributed by atoms with Gasteiger partial charge in [-0.25, -0.2) is 0 Å². The normalized spacial score (nSPS) is 10.9. The molecule has 0 atom stereocenters. The Hall–Kier alpha value is -3.12. The van der Waals surface area contributed by atoms with E-state index in [0.29, 0.717) is 18.8 Å². The number of hydrogen-bond acceptors (Lipinski definition) is 4. The quantitative estimate of drug-likeness (QED) is 0.551. The van der Waals surface area contributed by atoms with E-state index in [1.54, 1.807) is 24.6 Å². The molecule has 0 saturated carbocycles. The molecule has 0 spiro atoms. The minimum atomic E-state index is -0.105. The molecule has 0 radical (unpaired) electrons. The Bertz CT molecular complexity index is 1070. The van der Waals surface area contributed by atoms with Crippen molar-refractivity contribution in [3.05, 3.63) is 83.1 Å². The number of benzene rings is 1. The fourth-order valence-corrected chi connectivity index (χ4v) is 3.88. The fraction of sp³-hybridized carbons (Fsp3) is 0.143. The van der Waals surface area contributed by atoms with E-state index in [1.807, 2.05) is 58.5 Å². The molecule has 3 aromatic heterocycles. The molecule has 6 heteroatoms. The zero-order valence-electron chi connectivity index (χ0n) is 14.9. The number of carbonyl (C=O) groups excluding carboxylic acids is 1. The lowest BCUT2D eigenvalue weighted by Gasteiger charge is -2.12. The van der Waals surface area contributed by atoms with E-state index < -0.39 is 0 Å². The molecule has 0 fully saturated rings. The minimum absolute atomic E-state index is 0.105. The molecular formula is C21H19N3O2S. The van der Waals surface area contributed by atoms with Crippen molar-refractivity contribution in [1.29, 1.82) is 0 Å². The van der Waals surface area contributed by atoms with Gasteiger partial charge in [-0.1, -0.05) is 18.2 Å². The summed E-state index contributed by atoms with van der Waals surface area (Å²) in [5.74, 6) is 0.703. The lowest BCUT2D eigenvalue weighted by molar-refractivity contribution is 0.0942. The van der Waals surface area contributed by atoms with Gasteiger partial charge < -0.3 is 14.6 Å². The van der Waals surface area contributed by atoms with Crippen molar-refractivity contribution >= 4 is 27.5 Å². The Balaban J connectivity index is 1.61. The van der Waals surface area contributed by atoms with Crippen molar-refractivity contribution in [2.45, 2.75) is 13.1 Å². The summed E-state index contributed by atoms with van der Waals surface area (Å²) in [4.78, 5) is 17.1. The zero-order valence-corrected chi connectivity index (χ0v) is 15.7. The number of methoxy groups -OCH3 is 1. The maximum Gasteiger partial charge on any atom is 0.268 e. The number of fused-ring (bicyclic) bond motifs is 1. The Morgan fingerprint density at radius 3 is 2.93 bits per heavy atom. The molecule has 0 aliphatic rings. The number of amides is 1. The van der Waals surface area contributed by atoms with E-state index in [9.17, 15) is 4.79 Å². The van der Waals surface area contributed by atoms with Gasteiger partial charge in [0.15, 0.2) is 0 Å². The Morgan fingerprint density at radius 1 is 1.19 bits per heavy atom. The Kier molecular flexibility index (Phi) is 4.89. The third-order valence-corrected chi connectivity index (χ3v) is 5.24. The second-order valence-corrected chi connectivity index (χ2v) is 7.09. The lowest BCUT2D eigenvalue weighted by Crippen LogP contribution is -2.26. The molecule has 27 heavy (non-hydrogen) atoms. The molecule has 0 unspecified atom stereocenters. The average molecular weight is 377 g/mol. The highest BCUT2D eigenvalue weighted by molar-refractivity contribution is 7.17. The number of nitrogens with zero attached hydrogens (tertiary/aromatic N) is 2. The van der Waals surface area contributed by atoms with E-state index in [2.05, 4.69) is 16.4 Å². The average Bonchev–Trinajstić information content (AvgIpc) is 3.30. The van der Waals surface area contributed by atoms with Gasteiger partial charge in [-0.15, -0.1) is 11.3 Å².